The summed E-state index contributed by atoms with van der Waals surface area (Å²) in [5.41, 5.74) is 6.24. The maximum atomic E-state index is 12.4. The molecule has 1 atom stereocenters. The third-order valence-corrected chi connectivity index (χ3v) is 4.98. The van der Waals surface area contributed by atoms with Crippen molar-refractivity contribution in [3.05, 3.63) is 24.3 Å². The lowest BCUT2D eigenvalue weighted by molar-refractivity contribution is -0.117. The van der Waals surface area contributed by atoms with Gasteiger partial charge in [-0.2, -0.15) is 0 Å². The molecule has 0 saturated carbocycles. The number of hydrogen-bond acceptors (Lipinski definition) is 5. The Bertz CT molecular complexity index is 729. The number of amidine groups is 1. The first-order valence-electron chi connectivity index (χ1n) is 8.00. The predicted octanol–water partition coefficient (Wildman–Crippen LogP) is 1.47. The monoisotopic (exact) mass is 352 g/mol. The molecule has 0 aromatic heterocycles. The molecule has 0 radical (unpaired) electrons. The molecule has 132 valence electrons. The van der Waals surface area contributed by atoms with Crippen molar-refractivity contribution >= 4 is 27.5 Å². The van der Waals surface area contributed by atoms with E-state index in [1.807, 2.05) is 13.8 Å². The highest BCUT2D eigenvalue weighted by Gasteiger charge is 2.20. The van der Waals surface area contributed by atoms with Crippen LogP contribution in [-0.2, 0) is 14.8 Å². The molecule has 1 aliphatic heterocycles. The molecule has 1 heterocycles. The lowest BCUT2D eigenvalue weighted by Crippen LogP contribution is -2.36. The summed E-state index contributed by atoms with van der Waals surface area (Å²) in [6.07, 6.45) is 2.03. The second-order valence-corrected chi connectivity index (χ2v) is 7.97. The van der Waals surface area contributed by atoms with E-state index in [-0.39, 0.29) is 10.8 Å². The van der Waals surface area contributed by atoms with Crippen LogP contribution in [0.5, 0.6) is 0 Å². The van der Waals surface area contributed by atoms with Crippen molar-refractivity contribution in [3.63, 3.8) is 0 Å². The molecule has 4 N–H and O–H groups in total. The van der Waals surface area contributed by atoms with Crippen molar-refractivity contribution in [3.8, 4) is 0 Å². The van der Waals surface area contributed by atoms with Gasteiger partial charge in [0, 0.05) is 18.7 Å². The molecule has 1 aromatic carbocycles. The summed E-state index contributed by atoms with van der Waals surface area (Å²) in [6, 6.07) is 5.47. The smallest absolute Gasteiger partial charge is 0.262 e. The number of anilines is 1. The van der Waals surface area contributed by atoms with Crippen LogP contribution in [0.1, 0.15) is 33.1 Å². The highest BCUT2D eigenvalue weighted by molar-refractivity contribution is 7.90. The SMILES string of the molecule is CC(C)C[C@H](N)C(=O)Nc1cccc(S(=O)(=O)NC2=NCCC2)c1. The Hall–Kier alpha value is -1.93. The van der Waals surface area contributed by atoms with Gasteiger partial charge in [-0.1, -0.05) is 19.9 Å². The number of sulfonamides is 1. The van der Waals surface area contributed by atoms with Gasteiger partial charge in [-0.05, 0) is 37.0 Å². The van der Waals surface area contributed by atoms with Gasteiger partial charge in [0.05, 0.1) is 10.9 Å². The minimum absolute atomic E-state index is 0.0762. The number of hydrogen-bond donors (Lipinski definition) is 3. The predicted molar refractivity (Wildman–Crippen MR) is 94.4 cm³/mol. The fourth-order valence-electron chi connectivity index (χ4n) is 2.43. The topological polar surface area (TPSA) is 114 Å². The molecule has 0 saturated heterocycles. The molecule has 0 aliphatic carbocycles. The average molecular weight is 352 g/mol. The zero-order valence-corrected chi connectivity index (χ0v) is 14.8. The van der Waals surface area contributed by atoms with Crippen molar-refractivity contribution < 1.29 is 13.2 Å². The van der Waals surface area contributed by atoms with Crippen LogP contribution in [0.3, 0.4) is 0 Å². The van der Waals surface area contributed by atoms with Gasteiger partial charge in [-0.25, -0.2) is 8.42 Å². The van der Waals surface area contributed by atoms with Gasteiger partial charge >= 0.3 is 0 Å². The Morgan fingerprint density at radius 2 is 2.12 bits per heavy atom. The summed E-state index contributed by atoms with van der Waals surface area (Å²) in [5.74, 6) is 0.448. The molecule has 2 rings (SSSR count). The minimum Gasteiger partial charge on any atom is -0.325 e. The lowest BCUT2D eigenvalue weighted by Gasteiger charge is -2.15. The molecule has 8 heteroatoms. The first-order chi connectivity index (χ1) is 11.3. The number of amides is 1. The third-order valence-electron chi connectivity index (χ3n) is 3.60. The van der Waals surface area contributed by atoms with E-state index >= 15 is 0 Å². The van der Waals surface area contributed by atoms with E-state index in [1.54, 1.807) is 12.1 Å². The van der Waals surface area contributed by atoms with Gasteiger partial charge in [0.2, 0.25) is 5.91 Å². The number of aliphatic imine (C=N–C) groups is 1. The Morgan fingerprint density at radius 3 is 2.75 bits per heavy atom. The van der Waals surface area contributed by atoms with Gasteiger partial charge in [0.15, 0.2) is 0 Å². The Kier molecular flexibility index (Phi) is 5.95. The highest BCUT2D eigenvalue weighted by Crippen LogP contribution is 2.17. The summed E-state index contributed by atoms with van der Waals surface area (Å²) in [6.45, 7) is 4.61. The summed E-state index contributed by atoms with van der Waals surface area (Å²) in [7, 11) is -3.70. The largest absolute Gasteiger partial charge is 0.325 e. The number of nitrogens with one attached hydrogen (secondary N) is 2. The zero-order valence-electron chi connectivity index (χ0n) is 14.0. The summed E-state index contributed by atoms with van der Waals surface area (Å²) in [5, 5.41) is 2.67. The number of nitrogens with two attached hydrogens (primary N) is 1. The molecule has 1 aliphatic rings. The first kappa shape index (κ1) is 18.4. The number of benzene rings is 1. The second kappa shape index (κ2) is 7.76. The van der Waals surface area contributed by atoms with Crippen molar-refractivity contribution in [1.82, 2.24) is 4.72 Å². The zero-order chi connectivity index (χ0) is 17.7. The Labute approximate surface area is 142 Å². The van der Waals surface area contributed by atoms with Gasteiger partial charge in [-0.15, -0.1) is 0 Å². The van der Waals surface area contributed by atoms with E-state index in [2.05, 4.69) is 15.0 Å². The number of carbonyl (C=O) groups excluding carboxylic acids is 1. The van der Waals surface area contributed by atoms with Gasteiger partial charge in [-0.3, -0.25) is 14.5 Å². The maximum Gasteiger partial charge on any atom is 0.262 e. The standard InChI is InChI=1S/C16H24N4O3S/c1-11(2)9-14(17)16(21)19-12-5-3-6-13(10-12)24(22,23)20-15-7-4-8-18-15/h3,5-6,10-11,14H,4,7-9,17H2,1-2H3,(H,18,20)(H,19,21)/t14-/m0/s1. The Balaban J connectivity index is 2.09. The molecular formula is C16H24N4O3S. The normalized spacial score (nSPS) is 15.9. The van der Waals surface area contributed by atoms with Crippen LogP contribution < -0.4 is 15.8 Å². The number of nitrogens with zero attached hydrogens (tertiary/aromatic N) is 1. The van der Waals surface area contributed by atoms with Crippen molar-refractivity contribution in [2.24, 2.45) is 16.6 Å². The lowest BCUT2D eigenvalue weighted by atomic mass is 10.0. The van der Waals surface area contributed by atoms with Gasteiger partial charge < -0.3 is 11.1 Å². The summed E-state index contributed by atoms with van der Waals surface area (Å²) >= 11 is 0. The van der Waals surface area contributed by atoms with Crippen LogP contribution >= 0.6 is 0 Å². The third kappa shape index (κ3) is 5.04. The van der Waals surface area contributed by atoms with Crippen LogP contribution in [0.2, 0.25) is 0 Å². The van der Waals surface area contributed by atoms with Crippen molar-refractivity contribution in [1.29, 1.82) is 0 Å². The van der Waals surface area contributed by atoms with E-state index in [1.165, 1.54) is 12.1 Å². The summed E-state index contributed by atoms with van der Waals surface area (Å²) < 4.78 is 27.2. The molecule has 0 spiro atoms. The molecular weight excluding hydrogens is 328 g/mol. The van der Waals surface area contributed by atoms with E-state index in [0.29, 0.717) is 36.8 Å². The molecule has 0 unspecified atom stereocenters. The fourth-order valence-corrected chi connectivity index (χ4v) is 3.56. The van der Waals surface area contributed by atoms with Crippen LogP contribution in [0.4, 0.5) is 5.69 Å². The van der Waals surface area contributed by atoms with E-state index in [9.17, 15) is 13.2 Å². The van der Waals surface area contributed by atoms with Crippen LogP contribution in [0.25, 0.3) is 0 Å². The van der Waals surface area contributed by atoms with Crippen LogP contribution in [0.15, 0.2) is 34.2 Å². The van der Waals surface area contributed by atoms with E-state index in [0.717, 1.165) is 6.42 Å². The van der Waals surface area contributed by atoms with E-state index in [4.69, 9.17) is 5.73 Å². The molecule has 1 aromatic rings. The minimum atomic E-state index is -3.70. The highest BCUT2D eigenvalue weighted by atomic mass is 32.2. The number of rotatable bonds is 6. The first-order valence-corrected chi connectivity index (χ1v) is 9.49. The summed E-state index contributed by atoms with van der Waals surface area (Å²) in [4.78, 5) is 16.3. The van der Waals surface area contributed by atoms with Gasteiger partial charge in [0.25, 0.3) is 10.0 Å². The van der Waals surface area contributed by atoms with Gasteiger partial charge in [0.1, 0.15) is 5.84 Å². The second-order valence-electron chi connectivity index (χ2n) is 6.29. The molecule has 0 fully saturated rings. The average Bonchev–Trinajstić information content (AvgIpc) is 2.99. The number of carbonyl (C=O) groups is 1. The van der Waals surface area contributed by atoms with Crippen molar-refractivity contribution in [2.75, 3.05) is 11.9 Å². The van der Waals surface area contributed by atoms with E-state index < -0.39 is 16.1 Å². The Morgan fingerprint density at radius 1 is 1.38 bits per heavy atom. The molecule has 0 bridgehead atoms. The van der Waals surface area contributed by atoms with Crippen LogP contribution in [-0.4, -0.2) is 32.7 Å². The molecule has 7 nitrogen and oxygen atoms in total. The van der Waals surface area contributed by atoms with Crippen molar-refractivity contribution in [2.45, 2.75) is 44.0 Å². The van der Waals surface area contributed by atoms with Crippen LogP contribution in [0, 0.1) is 5.92 Å². The quantitative estimate of drug-likeness (QED) is 0.719. The fraction of sp³-hybridized carbons (Fsp3) is 0.500. The molecule has 1 amide bonds. The maximum absolute atomic E-state index is 12.4. The molecule has 24 heavy (non-hydrogen) atoms.